The van der Waals surface area contributed by atoms with Crippen molar-refractivity contribution in [1.29, 1.82) is 0 Å². The number of fused-ring (bicyclic) bond motifs is 2. The monoisotopic (exact) mass is 533 g/mol. The van der Waals surface area contributed by atoms with E-state index < -0.39 is 0 Å². The van der Waals surface area contributed by atoms with Gasteiger partial charge in [0.05, 0.1) is 0 Å². The van der Waals surface area contributed by atoms with Crippen molar-refractivity contribution >= 4 is 17.2 Å². The minimum absolute atomic E-state index is 0.402. The van der Waals surface area contributed by atoms with E-state index in [1.54, 1.807) is 5.56 Å². The van der Waals surface area contributed by atoms with Crippen LogP contribution in [0.1, 0.15) is 104 Å². The van der Waals surface area contributed by atoms with Crippen LogP contribution in [0, 0.1) is 10.4 Å². The number of hydrogen-bond donors (Lipinski definition) is 0. The number of benzene rings is 4. The van der Waals surface area contributed by atoms with Gasteiger partial charge in [-0.25, -0.2) is 0 Å². The van der Waals surface area contributed by atoms with Crippen LogP contribution in [0.25, 0.3) is 17.2 Å². The Kier molecular flexibility index (Phi) is 7.43. The van der Waals surface area contributed by atoms with Crippen molar-refractivity contribution in [3.05, 3.63) is 156 Å². The molecule has 2 aliphatic carbocycles. The Morgan fingerprint density at radius 1 is 0.756 bits per heavy atom. The summed E-state index contributed by atoms with van der Waals surface area (Å²) in [5.74, 6) is 0.843. The topological polar surface area (TPSA) is 0 Å². The van der Waals surface area contributed by atoms with Gasteiger partial charge >= 0.3 is 0 Å². The highest BCUT2D eigenvalue weighted by Gasteiger charge is 2.26. The Hall–Kier alpha value is -3.90. The molecule has 0 aliphatic heterocycles. The van der Waals surface area contributed by atoms with Crippen LogP contribution < -0.4 is 10.4 Å². The molecule has 0 bridgehead atoms. The molecule has 205 valence electrons. The van der Waals surface area contributed by atoms with E-state index in [1.807, 2.05) is 0 Å². The molecule has 0 amide bonds. The lowest BCUT2D eigenvalue weighted by molar-refractivity contribution is 0.767. The van der Waals surface area contributed by atoms with Gasteiger partial charge in [-0.05, 0) is 114 Å². The zero-order valence-corrected chi connectivity index (χ0v) is 25.4. The fraction of sp³-hybridized carbons (Fsp3) is 0.268. The van der Waals surface area contributed by atoms with Crippen molar-refractivity contribution in [1.82, 2.24) is 0 Å². The first kappa shape index (κ1) is 27.3. The summed E-state index contributed by atoms with van der Waals surface area (Å²) >= 11 is 0. The average molecular weight is 534 g/mol. The first-order chi connectivity index (χ1) is 19.9. The van der Waals surface area contributed by atoms with Crippen molar-refractivity contribution in [3.63, 3.8) is 0 Å². The van der Waals surface area contributed by atoms with Crippen LogP contribution >= 0.6 is 0 Å². The Balaban J connectivity index is 1.97. The second-order valence-corrected chi connectivity index (χ2v) is 12.1. The molecule has 0 spiro atoms. The molecule has 2 aliphatic rings. The van der Waals surface area contributed by atoms with Gasteiger partial charge in [-0.3, -0.25) is 0 Å². The minimum Gasteiger partial charge on any atom is -0.0801 e. The normalized spacial score (nSPS) is 13.4. The highest BCUT2D eigenvalue weighted by molar-refractivity contribution is 5.82. The van der Waals surface area contributed by atoms with Gasteiger partial charge < -0.3 is 0 Å². The summed E-state index contributed by atoms with van der Waals surface area (Å²) in [6.45, 7) is 14.1. The SMILES string of the molecule is CCc1cc2c(c(=C(c3ccccc3)c3ccccc3)c1)=c1c(C(C)C)c(C(C)C)c(CC)c(C3=CC=CC3)c1=[C]2. The predicted octanol–water partition coefficient (Wildman–Crippen LogP) is 8.95. The summed E-state index contributed by atoms with van der Waals surface area (Å²) < 4.78 is 0. The van der Waals surface area contributed by atoms with E-state index in [2.05, 4.69) is 139 Å². The quantitative estimate of drug-likeness (QED) is 0.196. The Bertz CT molecular complexity index is 1860. The lowest BCUT2D eigenvalue weighted by Crippen LogP contribution is -2.21. The van der Waals surface area contributed by atoms with Crippen LogP contribution in [0.3, 0.4) is 0 Å². The van der Waals surface area contributed by atoms with Gasteiger partial charge in [0.15, 0.2) is 0 Å². The standard InChI is InChI=1S/C41H41/c1-7-28-23-32-25-35-39(31-21-15-16-22-31)33(8-2)36(26(3)4)37(27(5)6)41(35)40(32)34(24-28)38(29-17-11-9-12-18-29)30-19-13-10-14-20-30/h9-21,23-24,26-27H,7-8,22H2,1-6H3. The summed E-state index contributed by atoms with van der Waals surface area (Å²) in [5, 5.41) is 5.42. The van der Waals surface area contributed by atoms with Crippen LogP contribution in [0.5, 0.6) is 0 Å². The molecule has 0 N–H and O–H groups in total. The Morgan fingerprint density at radius 2 is 1.39 bits per heavy atom. The molecule has 1 radical (unpaired) electrons. The second-order valence-electron chi connectivity index (χ2n) is 12.1. The first-order valence-electron chi connectivity index (χ1n) is 15.5. The third-order valence-corrected chi connectivity index (χ3v) is 8.80. The molecule has 0 unspecified atom stereocenters. The van der Waals surface area contributed by atoms with Crippen molar-refractivity contribution in [3.8, 4) is 0 Å². The molecule has 0 saturated carbocycles. The first-order valence-corrected chi connectivity index (χ1v) is 15.5. The van der Waals surface area contributed by atoms with Crippen LogP contribution in [-0.4, -0.2) is 0 Å². The zero-order chi connectivity index (χ0) is 28.7. The maximum Gasteiger partial charge on any atom is -0.000699 e. The van der Waals surface area contributed by atoms with Gasteiger partial charge in [0.25, 0.3) is 0 Å². The van der Waals surface area contributed by atoms with Crippen LogP contribution in [0.2, 0.25) is 0 Å². The summed E-state index contributed by atoms with van der Waals surface area (Å²) in [5.41, 5.74) is 13.9. The Morgan fingerprint density at radius 3 is 1.90 bits per heavy atom. The molecule has 0 aromatic heterocycles. The molecule has 0 saturated heterocycles. The van der Waals surface area contributed by atoms with Gasteiger partial charge in [-0.2, -0.15) is 0 Å². The summed E-state index contributed by atoms with van der Waals surface area (Å²) in [7, 11) is 0. The van der Waals surface area contributed by atoms with Crippen LogP contribution in [0.15, 0.2) is 91.0 Å². The van der Waals surface area contributed by atoms with Crippen LogP contribution in [0.4, 0.5) is 0 Å². The molecule has 0 heterocycles. The second kappa shape index (κ2) is 11.2. The van der Waals surface area contributed by atoms with E-state index in [4.69, 9.17) is 0 Å². The van der Waals surface area contributed by atoms with E-state index in [0.717, 1.165) is 19.3 Å². The average Bonchev–Trinajstić information content (AvgIpc) is 3.65. The summed E-state index contributed by atoms with van der Waals surface area (Å²) in [6, 6.07) is 26.8. The van der Waals surface area contributed by atoms with E-state index in [-0.39, 0.29) is 0 Å². The molecule has 6 rings (SSSR count). The van der Waals surface area contributed by atoms with Gasteiger partial charge in [-0.15, -0.1) is 0 Å². The van der Waals surface area contributed by atoms with Gasteiger partial charge in [0.2, 0.25) is 0 Å². The molecule has 41 heavy (non-hydrogen) atoms. The number of rotatable bonds is 7. The van der Waals surface area contributed by atoms with E-state index >= 15 is 0 Å². The highest BCUT2D eigenvalue weighted by atomic mass is 14.3. The number of aryl methyl sites for hydroxylation is 1. The smallest absolute Gasteiger partial charge is 0.000699 e. The van der Waals surface area contributed by atoms with E-state index in [9.17, 15) is 0 Å². The molecule has 0 fully saturated rings. The summed E-state index contributed by atoms with van der Waals surface area (Å²) in [6.07, 6.45) is 13.9. The van der Waals surface area contributed by atoms with E-state index in [1.165, 1.54) is 71.0 Å². The molecular weight excluding hydrogens is 492 g/mol. The van der Waals surface area contributed by atoms with Crippen LogP contribution in [-0.2, 0) is 12.8 Å². The number of hydrogen-bond acceptors (Lipinski definition) is 0. The fourth-order valence-electron chi connectivity index (χ4n) is 7.13. The highest BCUT2D eigenvalue weighted by Crippen LogP contribution is 2.37. The largest absolute Gasteiger partial charge is 0.0801 e. The third kappa shape index (κ3) is 4.64. The van der Waals surface area contributed by atoms with Gasteiger partial charge in [0, 0.05) is 0 Å². The molecule has 0 atom stereocenters. The lowest BCUT2D eigenvalue weighted by Gasteiger charge is -2.25. The Labute approximate surface area is 245 Å². The molecular formula is C41H41. The van der Waals surface area contributed by atoms with Crippen molar-refractivity contribution in [2.24, 2.45) is 0 Å². The molecule has 4 aromatic carbocycles. The fourth-order valence-corrected chi connectivity index (χ4v) is 7.13. The van der Waals surface area contributed by atoms with Crippen molar-refractivity contribution in [2.45, 2.75) is 72.6 Å². The number of allylic oxidation sites excluding steroid dienone is 4. The zero-order valence-electron chi connectivity index (χ0n) is 25.4. The van der Waals surface area contributed by atoms with E-state index in [0.29, 0.717) is 11.8 Å². The maximum atomic E-state index is 4.05. The van der Waals surface area contributed by atoms with Gasteiger partial charge in [-0.1, -0.05) is 133 Å². The van der Waals surface area contributed by atoms with Gasteiger partial charge in [0.1, 0.15) is 0 Å². The molecule has 0 heteroatoms. The van der Waals surface area contributed by atoms with Crippen molar-refractivity contribution < 1.29 is 0 Å². The predicted molar refractivity (Wildman–Crippen MR) is 175 cm³/mol. The lowest BCUT2D eigenvalue weighted by atomic mass is 9.79. The minimum atomic E-state index is 0.402. The molecule has 0 nitrogen and oxygen atoms in total. The van der Waals surface area contributed by atoms with Crippen molar-refractivity contribution in [2.75, 3.05) is 0 Å². The third-order valence-electron chi connectivity index (χ3n) is 8.80. The molecule has 4 aromatic rings. The summed E-state index contributed by atoms with van der Waals surface area (Å²) in [4.78, 5) is 0. The maximum absolute atomic E-state index is 4.05.